The summed E-state index contributed by atoms with van der Waals surface area (Å²) in [6, 6.07) is 15.0. The number of benzene rings is 2. The number of hydrogen-bond donors (Lipinski definition) is 1. The molecule has 0 unspecified atom stereocenters. The highest BCUT2D eigenvalue weighted by Crippen LogP contribution is 2.23. The maximum absolute atomic E-state index is 13.5. The topological polar surface area (TPSA) is 45.8 Å². The van der Waals surface area contributed by atoms with Gasteiger partial charge in [0.2, 0.25) is 0 Å². The lowest BCUT2D eigenvalue weighted by Gasteiger charge is -2.05. The molecule has 3 aromatic rings. The lowest BCUT2D eigenvalue weighted by Crippen LogP contribution is -2.08. The van der Waals surface area contributed by atoms with Crippen LogP contribution in [0.2, 0.25) is 5.02 Å². The molecule has 0 saturated carbocycles. The Bertz CT molecular complexity index is 846. The molecule has 21 heavy (non-hydrogen) atoms. The molecule has 3 rings (SSSR count). The molecule has 0 fully saturated rings. The van der Waals surface area contributed by atoms with Gasteiger partial charge in [0, 0.05) is 17.2 Å². The summed E-state index contributed by atoms with van der Waals surface area (Å²) < 4.78 is 13.5. The molecule has 5 heteroatoms. The van der Waals surface area contributed by atoms with E-state index in [0.717, 1.165) is 5.56 Å². The highest BCUT2D eigenvalue weighted by atomic mass is 35.5. The van der Waals surface area contributed by atoms with Crippen LogP contribution in [0, 0.1) is 5.82 Å². The number of halogens is 2. The number of aromatic amines is 1. The summed E-state index contributed by atoms with van der Waals surface area (Å²) in [6.45, 7) is 0. The fourth-order valence-corrected chi connectivity index (χ4v) is 2.11. The van der Waals surface area contributed by atoms with Crippen LogP contribution in [0.3, 0.4) is 0 Å². The molecule has 0 bridgehead atoms. The van der Waals surface area contributed by atoms with E-state index in [1.54, 1.807) is 6.07 Å². The number of aromatic nitrogens is 2. The molecule has 3 nitrogen and oxygen atoms in total. The molecule has 1 heterocycles. The average molecular weight is 301 g/mol. The Morgan fingerprint density at radius 2 is 1.76 bits per heavy atom. The van der Waals surface area contributed by atoms with Crippen LogP contribution in [-0.4, -0.2) is 9.97 Å². The van der Waals surface area contributed by atoms with Crippen molar-refractivity contribution in [3.63, 3.8) is 0 Å². The third kappa shape index (κ3) is 2.85. The molecule has 0 aliphatic heterocycles. The van der Waals surface area contributed by atoms with Gasteiger partial charge in [0.15, 0.2) is 0 Å². The highest BCUT2D eigenvalue weighted by Gasteiger charge is 2.08. The Morgan fingerprint density at radius 1 is 1.00 bits per heavy atom. The van der Waals surface area contributed by atoms with Crippen LogP contribution >= 0.6 is 11.6 Å². The Balaban J connectivity index is 2.14. The molecule has 0 amide bonds. The Labute approximate surface area is 125 Å². The molecule has 0 aliphatic rings. The molecule has 0 spiro atoms. The van der Waals surface area contributed by atoms with Crippen LogP contribution in [0.5, 0.6) is 0 Å². The van der Waals surface area contributed by atoms with Gasteiger partial charge in [-0.1, -0.05) is 41.9 Å². The van der Waals surface area contributed by atoms with Crippen LogP contribution in [-0.2, 0) is 0 Å². The van der Waals surface area contributed by atoms with Crippen LogP contribution in [0.4, 0.5) is 4.39 Å². The van der Waals surface area contributed by atoms with Gasteiger partial charge in [0.25, 0.3) is 5.56 Å². The van der Waals surface area contributed by atoms with Crippen molar-refractivity contribution >= 4 is 11.6 Å². The van der Waals surface area contributed by atoms with Gasteiger partial charge < -0.3 is 4.98 Å². The van der Waals surface area contributed by atoms with Gasteiger partial charge in [0.1, 0.15) is 11.6 Å². The lowest BCUT2D eigenvalue weighted by molar-refractivity contribution is 0.628. The van der Waals surface area contributed by atoms with Gasteiger partial charge in [-0.2, -0.15) is 0 Å². The molecule has 0 radical (unpaired) electrons. The summed E-state index contributed by atoms with van der Waals surface area (Å²) in [6.07, 6.45) is 0. The summed E-state index contributed by atoms with van der Waals surface area (Å²) in [4.78, 5) is 18.8. The molecular formula is C16H10ClFN2O. The van der Waals surface area contributed by atoms with Gasteiger partial charge in [-0.3, -0.25) is 4.79 Å². The third-order valence-electron chi connectivity index (χ3n) is 3.00. The summed E-state index contributed by atoms with van der Waals surface area (Å²) in [5.74, 6) is -0.251. The quantitative estimate of drug-likeness (QED) is 0.780. The smallest absolute Gasteiger partial charge is 0.251 e. The Hall–Kier alpha value is -2.46. The molecule has 0 aliphatic carbocycles. The first-order valence-electron chi connectivity index (χ1n) is 6.26. The van der Waals surface area contributed by atoms with Crippen molar-refractivity contribution in [3.05, 3.63) is 75.8 Å². The largest absolute Gasteiger partial charge is 0.306 e. The number of nitrogens with one attached hydrogen (secondary N) is 1. The Morgan fingerprint density at radius 3 is 2.48 bits per heavy atom. The second kappa shape index (κ2) is 5.50. The van der Waals surface area contributed by atoms with E-state index in [-0.39, 0.29) is 10.6 Å². The van der Waals surface area contributed by atoms with E-state index < -0.39 is 5.82 Å². The second-order valence-electron chi connectivity index (χ2n) is 4.47. The number of nitrogens with zero attached hydrogens (tertiary/aromatic N) is 1. The van der Waals surface area contributed by atoms with Crippen LogP contribution in [0.1, 0.15) is 0 Å². The zero-order chi connectivity index (χ0) is 14.8. The maximum atomic E-state index is 13.5. The fraction of sp³-hybridized carbons (Fsp3) is 0. The molecule has 1 N–H and O–H groups in total. The first kappa shape index (κ1) is 13.5. The maximum Gasteiger partial charge on any atom is 0.251 e. The third-order valence-corrected chi connectivity index (χ3v) is 3.31. The van der Waals surface area contributed by atoms with Crippen molar-refractivity contribution in [1.29, 1.82) is 0 Å². The van der Waals surface area contributed by atoms with E-state index in [2.05, 4.69) is 9.97 Å². The lowest BCUT2D eigenvalue weighted by atomic mass is 10.1. The highest BCUT2D eigenvalue weighted by molar-refractivity contribution is 6.30. The minimum absolute atomic E-state index is 0.0281. The molecule has 2 aromatic carbocycles. The van der Waals surface area contributed by atoms with Crippen molar-refractivity contribution in [2.75, 3.05) is 0 Å². The summed E-state index contributed by atoms with van der Waals surface area (Å²) in [5.41, 5.74) is 1.52. The Kier molecular flexibility index (Phi) is 3.54. The van der Waals surface area contributed by atoms with Gasteiger partial charge in [-0.25, -0.2) is 9.37 Å². The van der Waals surface area contributed by atoms with Crippen molar-refractivity contribution in [2.45, 2.75) is 0 Å². The van der Waals surface area contributed by atoms with Crippen molar-refractivity contribution in [2.24, 2.45) is 0 Å². The molecule has 104 valence electrons. The predicted octanol–water partition coefficient (Wildman–Crippen LogP) is 3.90. The SMILES string of the molecule is O=c1cc(-c2ccccc2)nc(-c2ccc(Cl)c(F)c2)[nH]1. The molecular weight excluding hydrogens is 291 g/mol. The molecule has 1 aromatic heterocycles. The fourth-order valence-electron chi connectivity index (χ4n) is 1.99. The van der Waals surface area contributed by atoms with E-state index in [1.165, 1.54) is 18.2 Å². The zero-order valence-corrected chi connectivity index (χ0v) is 11.6. The summed E-state index contributed by atoms with van der Waals surface area (Å²) in [5, 5.41) is 0.0281. The van der Waals surface area contributed by atoms with E-state index in [9.17, 15) is 9.18 Å². The number of H-pyrrole nitrogens is 1. The van der Waals surface area contributed by atoms with E-state index in [1.807, 2.05) is 30.3 Å². The second-order valence-corrected chi connectivity index (χ2v) is 4.88. The van der Waals surface area contributed by atoms with Crippen LogP contribution in [0.15, 0.2) is 59.4 Å². The van der Waals surface area contributed by atoms with Gasteiger partial charge in [0.05, 0.1) is 10.7 Å². The van der Waals surface area contributed by atoms with Gasteiger partial charge in [-0.05, 0) is 18.2 Å². The minimum Gasteiger partial charge on any atom is -0.306 e. The first-order chi connectivity index (χ1) is 10.1. The standard InChI is InChI=1S/C16H10ClFN2O/c17-12-7-6-11(8-13(12)18)16-19-14(9-15(21)20-16)10-4-2-1-3-5-10/h1-9H,(H,19,20,21). The number of hydrogen-bond acceptors (Lipinski definition) is 2. The molecule has 0 saturated heterocycles. The predicted molar refractivity (Wildman–Crippen MR) is 80.7 cm³/mol. The summed E-state index contributed by atoms with van der Waals surface area (Å²) in [7, 11) is 0. The van der Waals surface area contributed by atoms with Crippen molar-refractivity contribution < 1.29 is 4.39 Å². The van der Waals surface area contributed by atoms with Crippen LogP contribution in [0.25, 0.3) is 22.6 Å². The molecule has 0 atom stereocenters. The number of rotatable bonds is 2. The zero-order valence-electron chi connectivity index (χ0n) is 10.8. The monoisotopic (exact) mass is 300 g/mol. The van der Waals surface area contributed by atoms with E-state index in [0.29, 0.717) is 17.1 Å². The minimum atomic E-state index is -0.554. The van der Waals surface area contributed by atoms with Crippen molar-refractivity contribution in [1.82, 2.24) is 9.97 Å². The van der Waals surface area contributed by atoms with Crippen molar-refractivity contribution in [3.8, 4) is 22.6 Å². The van der Waals surface area contributed by atoms with E-state index in [4.69, 9.17) is 11.6 Å². The van der Waals surface area contributed by atoms with E-state index >= 15 is 0 Å². The first-order valence-corrected chi connectivity index (χ1v) is 6.63. The van der Waals surface area contributed by atoms with Crippen LogP contribution < -0.4 is 5.56 Å². The van der Waals surface area contributed by atoms with Gasteiger partial charge >= 0.3 is 0 Å². The normalized spacial score (nSPS) is 10.6. The average Bonchev–Trinajstić information content (AvgIpc) is 2.50. The van der Waals surface area contributed by atoms with Gasteiger partial charge in [-0.15, -0.1) is 0 Å². The summed E-state index contributed by atoms with van der Waals surface area (Å²) >= 11 is 5.66.